The molecule has 8 heavy (non-hydrogen) atoms. The quantitative estimate of drug-likeness (QED) is 0.456. The van der Waals surface area contributed by atoms with Crippen molar-refractivity contribution in [2.75, 3.05) is 6.61 Å². The molecular weight excluding hydrogens is 124 g/mol. The van der Waals surface area contributed by atoms with E-state index in [0.29, 0.717) is 6.61 Å². The first-order valence-electron chi connectivity index (χ1n) is 1.98. The molecule has 47 valence electrons. The van der Waals surface area contributed by atoms with Crippen molar-refractivity contribution >= 4 is 16.5 Å². The molecule has 0 saturated heterocycles. The Morgan fingerprint density at radius 1 is 1.75 bits per heavy atom. The summed E-state index contributed by atoms with van der Waals surface area (Å²) in [5.41, 5.74) is 4.54. The minimum absolute atomic E-state index is 0.356. The van der Waals surface area contributed by atoms with Gasteiger partial charge in [-0.2, -0.15) is 0 Å². The Balaban J connectivity index is 0. The molecule has 0 aromatic rings. The standard InChI is InChI=1S/C3H7NO2.H2NSi/c1-2-6-3(4)5;1-2/h2H2,1H3,(H2,4,5);1H2. The van der Waals surface area contributed by atoms with Crippen molar-refractivity contribution in [2.24, 2.45) is 11.1 Å². The summed E-state index contributed by atoms with van der Waals surface area (Å²) in [6.45, 7) is 2.06. The molecular formula is C3H9N2O2Si. The third-order valence-electron chi connectivity index (χ3n) is 0.287. The predicted molar refractivity (Wildman–Crippen MR) is 31.2 cm³/mol. The van der Waals surface area contributed by atoms with Crippen LogP contribution in [-0.2, 0) is 4.74 Å². The monoisotopic (exact) mass is 133 g/mol. The highest BCUT2D eigenvalue weighted by Crippen LogP contribution is 1.66. The first-order chi connectivity index (χ1) is 3.77. The molecule has 0 aliphatic rings. The largest absolute Gasteiger partial charge is 0.450 e. The number of carbonyl (C=O) groups excluding carboxylic acids is 1. The molecule has 0 bridgehead atoms. The number of rotatable bonds is 1. The summed E-state index contributed by atoms with van der Waals surface area (Å²) in [4.78, 5) is 9.60. The van der Waals surface area contributed by atoms with E-state index >= 15 is 0 Å². The van der Waals surface area contributed by atoms with Crippen molar-refractivity contribution in [3.8, 4) is 0 Å². The number of amides is 1. The Bertz CT molecular complexity index is 59.2. The van der Waals surface area contributed by atoms with Gasteiger partial charge in [-0.1, -0.05) is 0 Å². The number of primary amides is 1. The summed E-state index contributed by atoms with van der Waals surface area (Å²) in [5, 5.41) is 4.31. The van der Waals surface area contributed by atoms with Gasteiger partial charge >= 0.3 is 6.09 Å². The third-order valence-corrected chi connectivity index (χ3v) is 0.287. The van der Waals surface area contributed by atoms with Gasteiger partial charge in [-0.25, -0.2) is 4.79 Å². The van der Waals surface area contributed by atoms with Crippen LogP contribution in [0.2, 0.25) is 0 Å². The maximum absolute atomic E-state index is 9.60. The van der Waals surface area contributed by atoms with E-state index in [1.807, 2.05) is 0 Å². The molecule has 0 rings (SSSR count). The molecule has 3 radical (unpaired) electrons. The second kappa shape index (κ2) is 9.67. The maximum atomic E-state index is 9.60. The Morgan fingerprint density at radius 3 is 2.12 bits per heavy atom. The Kier molecular flexibility index (Phi) is 12.6. The van der Waals surface area contributed by atoms with Crippen molar-refractivity contribution in [1.29, 1.82) is 0 Å². The van der Waals surface area contributed by atoms with Crippen LogP contribution in [0.15, 0.2) is 0 Å². The van der Waals surface area contributed by atoms with Gasteiger partial charge in [0.1, 0.15) is 10.4 Å². The smallest absolute Gasteiger partial charge is 0.404 e. The van der Waals surface area contributed by atoms with Crippen LogP contribution >= 0.6 is 0 Å². The molecule has 4 nitrogen and oxygen atoms in total. The lowest BCUT2D eigenvalue weighted by Crippen LogP contribution is -2.11. The molecule has 0 spiro atoms. The van der Waals surface area contributed by atoms with Crippen LogP contribution in [0.3, 0.4) is 0 Å². The van der Waals surface area contributed by atoms with Crippen molar-refractivity contribution in [3.05, 3.63) is 0 Å². The van der Waals surface area contributed by atoms with Gasteiger partial charge in [-0.3, -0.25) is 0 Å². The number of hydrogen-bond acceptors (Lipinski definition) is 3. The minimum atomic E-state index is -0.711. The third kappa shape index (κ3) is 18.0. The van der Waals surface area contributed by atoms with E-state index in [1.54, 1.807) is 6.92 Å². The lowest BCUT2D eigenvalue weighted by atomic mass is 10.9. The number of carbonyl (C=O) groups is 1. The van der Waals surface area contributed by atoms with Crippen molar-refractivity contribution in [2.45, 2.75) is 6.92 Å². The molecule has 4 N–H and O–H groups in total. The van der Waals surface area contributed by atoms with Gasteiger partial charge in [0.15, 0.2) is 0 Å². The van der Waals surface area contributed by atoms with E-state index in [0.717, 1.165) is 0 Å². The summed E-state index contributed by atoms with van der Waals surface area (Å²) in [7, 11) is 2.47. The average Bonchev–Trinajstić information content (AvgIpc) is 1.72. The summed E-state index contributed by atoms with van der Waals surface area (Å²) >= 11 is 0. The van der Waals surface area contributed by atoms with E-state index in [1.165, 1.54) is 0 Å². The van der Waals surface area contributed by atoms with Crippen LogP contribution in [0.25, 0.3) is 0 Å². The van der Waals surface area contributed by atoms with Crippen LogP contribution in [0.5, 0.6) is 0 Å². The maximum Gasteiger partial charge on any atom is 0.404 e. The van der Waals surface area contributed by atoms with Crippen LogP contribution in [-0.4, -0.2) is 23.1 Å². The van der Waals surface area contributed by atoms with Gasteiger partial charge in [0.25, 0.3) is 0 Å². The van der Waals surface area contributed by atoms with E-state index < -0.39 is 6.09 Å². The molecule has 0 heterocycles. The first kappa shape index (κ1) is 10.4. The molecule has 0 aromatic carbocycles. The number of hydrogen-bond donors (Lipinski definition) is 2. The van der Waals surface area contributed by atoms with Crippen LogP contribution in [0.1, 0.15) is 6.92 Å². The van der Waals surface area contributed by atoms with Gasteiger partial charge < -0.3 is 15.9 Å². The van der Waals surface area contributed by atoms with Crippen molar-refractivity contribution < 1.29 is 9.53 Å². The summed E-state index contributed by atoms with van der Waals surface area (Å²) in [6, 6.07) is 0. The van der Waals surface area contributed by atoms with Gasteiger partial charge in [-0.05, 0) is 6.92 Å². The van der Waals surface area contributed by atoms with E-state index in [9.17, 15) is 4.79 Å². The highest BCUT2D eigenvalue weighted by Gasteiger charge is 1.82. The molecule has 0 aromatic heterocycles. The number of nitrogens with two attached hydrogens (primary N) is 2. The zero-order valence-electron chi connectivity index (χ0n) is 4.68. The molecule has 0 fully saturated rings. The lowest BCUT2D eigenvalue weighted by Gasteiger charge is -1.89. The SMILES string of the molecule is CCOC(N)=O.N[Si]. The molecule has 0 atom stereocenters. The van der Waals surface area contributed by atoms with Gasteiger partial charge in [-0.15, -0.1) is 0 Å². The molecule has 1 amide bonds. The van der Waals surface area contributed by atoms with Crippen LogP contribution in [0, 0.1) is 0 Å². The molecule has 0 unspecified atom stereocenters. The summed E-state index contributed by atoms with van der Waals surface area (Å²) in [6.07, 6.45) is -0.711. The fraction of sp³-hybridized carbons (Fsp3) is 0.667. The highest BCUT2D eigenvalue weighted by atomic mass is 28.2. The molecule has 0 saturated carbocycles. The van der Waals surface area contributed by atoms with Crippen molar-refractivity contribution in [1.82, 2.24) is 0 Å². The second-order valence-electron chi connectivity index (χ2n) is 0.752. The van der Waals surface area contributed by atoms with Crippen LogP contribution < -0.4 is 11.1 Å². The molecule has 0 aliphatic carbocycles. The van der Waals surface area contributed by atoms with E-state index in [2.05, 4.69) is 26.3 Å². The van der Waals surface area contributed by atoms with Crippen LogP contribution in [0.4, 0.5) is 4.79 Å². The lowest BCUT2D eigenvalue weighted by molar-refractivity contribution is 0.163. The number of ether oxygens (including phenoxy) is 1. The Hall–Kier alpha value is -0.553. The predicted octanol–water partition coefficient (Wildman–Crippen LogP) is -0.870. The molecule has 0 aliphatic heterocycles. The normalized spacial score (nSPS) is 6.38. The zero-order chi connectivity index (χ0) is 6.99. The van der Waals surface area contributed by atoms with E-state index in [4.69, 9.17) is 0 Å². The topological polar surface area (TPSA) is 78.3 Å². The highest BCUT2D eigenvalue weighted by molar-refractivity contribution is 6.02. The Morgan fingerprint density at radius 2 is 2.12 bits per heavy atom. The average molecular weight is 133 g/mol. The second-order valence-corrected chi connectivity index (χ2v) is 0.752. The van der Waals surface area contributed by atoms with Gasteiger partial charge in [0, 0.05) is 0 Å². The fourth-order valence-corrected chi connectivity index (χ4v) is 0.142. The zero-order valence-corrected chi connectivity index (χ0v) is 5.68. The summed E-state index contributed by atoms with van der Waals surface area (Å²) in [5.74, 6) is 0. The summed E-state index contributed by atoms with van der Waals surface area (Å²) < 4.78 is 4.18. The molecule has 5 heteroatoms. The van der Waals surface area contributed by atoms with Gasteiger partial charge in [0.05, 0.1) is 6.61 Å². The first-order valence-corrected chi connectivity index (χ1v) is 2.56. The van der Waals surface area contributed by atoms with Gasteiger partial charge in [0.2, 0.25) is 0 Å². The van der Waals surface area contributed by atoms with E-state index in [-0.39, 0.29) is 0 Å². The Labute approximate surface area is 51.7 Å². The fourth-order valence-electron chi connectivity index (χ4n) is 0.142. The van der Waals surface area contributed by atoms with Crippen molar-refractivity contribution in [3.63, 3.8) is 0 Å². The minimum Gasteiger partial charge on any atom is -0.450 e.